The molecule has 2 aliphatic heterocycles. The predicted molar refractivity (Wildman–Crippen MR) is 121 cm³/mol. The van der Waals surface area contributed by atoms with Crippen molar-refractivity contribution in [3.8, 4) is 0 Å². The van der Waals surface area contributed by atoms with E-state index in [0.29, 0.717) is 0 Å². The van der Waals surface area contributed by atoms with Crippen molar-refractivity contribution in [2.24, 2.45) is 5.73 Å². The standard InChI is InChI=1S/2C8H9NO3.CH3NO.P2S2/c2*1-6(10)4-5-9-7(11)2-3-8(9)12;2-1-3;3-1-2-4/h2*2-3H,4-5H2,1H3;1H,(H2,2,3);. The molecular formula is C17H21N3O7P2S2. The van der Waals surface area contributed by atoms with Gasteiger partial charge in [0.1, 0.15) is 11.6 Å². The fraction of sp³-hybridized carbons (Fsp3) is 0.353. The SMILES string of the molecule is CC(=O)CCN1C(=O)C=CC1=O.CC(=O)CCN1C(=O)C=CC1=O.NC=O.S=PP=S. The van der Waals surface area contributed by atoms with Gasteiger partial charge in [-0.2, -0.15) is 0 Å². The molecule has 0 aliphatic carbocycles. The third kappa shape index (κ3) is 15.1. The maximum atomic E-state index is 10.9. The zero-order valence-electron chi connectivity index (χ0n) is 16.8. The smallest absolute Gasteiger partial charge is 0.253 e. The molecular weight excluding hydrogens is 484 g/mol. The van der Waals surface area contributed by atoms with Gasteiger partial charge in [0.15, 0.2) is 0 Å². The molecule has 0 unspecified atom stereocenters. The van der Waals surface area contributed by atoms with Crippen LogP contribution in [0.5, 0.6) is 0 Å². The van der Waals surface area contributed by atoms with Gasteiger partial charge in [0, 0.05) is 64.3 Å². The average molecular weight is 505 g/mol. The maximum absolute atomic E-state index is 10.9. The second-order valence-corrected chi connectivity index (χ2v) is 9.77. The van der Waals surface area contributed by atoms with Crippen molar-refractivity contribution in [1.29, 1.82) is 0 Å². The molecule has 0 spiro atoms. The number of hydrogen-bond donors (Lipinski definition) is 1. The molecule has 2 aliphatic rings. The molecule has 0 bridgehead atoms. The van der Waals surface area contributed by atoms with Gasteiger partial charge in [-0.3, -0.25) is 43.4 Å². The Morgan fingerprint density at radius 3 is 1.19 bits per heavy atom. The van der Waals surface area contributed by atoms with Crippen molar-refractivity contribution in [1.82, 2.24) is 9.80 Å². The summed E-state index contributed by atoms with van der Waals surface area (Å²) >= 11 is 8.82. The largest absolute Gasteiger partial charge is 0.372 e. The Hall–Kier alpha value is -2.39. The fourth-order valence-electron chi connectivity index (χ4n) is 1.84. The quantitative estimate of drug-likeness (QED) is 0.298. The van der Waals surface area contributed by atoms with Crippen LogP contribution in [0.4, 0.5) is 0 Å². The second kappa shape index (κ2) is 18.4. The minimum atomic E-state index is -0.332. The molecule has 168 valence electrons. The number of Topliss-reactive ketones (excluding diaryl/α,β-unsaturated/α-hetero) is 2. The molecule has 10 nitrogen and oxygen atoms in total. The number of imide groups is 2. The number of carbonyl (C=O) groups excluding carboxylic acids is 7. The van der Waals surface area contributed by atoms with Crippen molar-refractivity contribution >= 4 is 79.3 Å². The van der Waals surface area contributed by atoms with Crippen LogP contribution in [0.15, 0.2) is 24.3 Å². The summed E-state index contributed by atoms with van der Waals surface area (Å²) in [6, 6.07) is 0. The summed E-state index contributed by atoms with van der Waals surface area (Å²) in [6.45, 7) is 3.25. The van der Waals surface area contributed by atoms with E-state index >= 15 is 0 Å². The van der Waals surface area contributed by atoms with Crippen LogP contribution in [0.2, 0.25) is 0 Å². The van der Waals surface area contributed by atoms with Gasteiger partial charge < -0.3 is 5.73 Å². The lowest BCUT2D eigenvalue weighted by atomic mass is 10.3. The van der Waals surface area contributed by atoms with E-state index in [1.54, 1.807) is 0 Å². The van der Waals surface area contributed by atoms with Crippen molar-refractivity contribution in [3.63, 3.8) is 0 Å². The molecule has 0 radical (unpaired) electrons. The van der Waals surface area contributed by atoms with Crippen molar-refractivity contribution in [2.45, 2.75) is 26.7 Å². The molecule has 0 aromatic carbocycles. The van der Waals surface area contributed by atoms with Crippen LogP contribution in [-0.2, 0) is 57.2 Å². The first kappa shape index (κ1) is 30.8. The van der Waals surface area contributed by atoms with Gasteiger partial charge >= 0.3 is 0 Å². The molecule has 2 rings (SSSR count). The van der Waals surface area contributed by atoms with Crippen molar-refractivity contribution in [2.75, 3.05) is 13.1 Å². The Labute approximate surface area is 192 Å². The summed E-state index contributed by atoms with van der Waals surface area (Å²) in [5.41, 5.74) is 4.17. The lowest BCUT2D eigenvalue weighted by Gasteiger charge is -2.11. The summed E-state index contributed by atoms with van der Waals surface area (Å²) < 4.78 is 0. The van der Waals surface area contributed by atoms with E-state index < -0.39 is 0 Å². The second-order valence-electron chi connectivity index (χ2n) is 5.53. The molecule has 0 aromatic heterocycles. The number of nitrogens with zero attached hydrogens (tertiary/aromatic N) is 2. The Morgan fingerprint density at radius 1 is 0.806 bits per heavy atom. The fourth-order valence-corrected chi connectivity index (χ4v) is 1.84. The minimum Gasteiger partial charge on any atom is -0.372 e. The molecule has 2 heterocycles. The molecule has 0 saturated heterocycles. The normalized spacial score (nSPS) is 13.9. The number of rotatable bonds is 7. The van der Waals surface area contributed by atoms with E-state index in [2.05, 4.69) is 29.3 Å². The van der Waals surface area contributed by atoms with E-state index in [9.17, 15) is 28.8 Å². The third-order valence-corrected chi connectivity index (χ3v) is 5.88. The average Bonchev–Trinajstić information content (AvgIpc) is 3.20. The molecule has 31 heavy (non-hydrogen) atoms. The highest BCUT2D eigenvalue weighted by molar-refractivity contribution is 8.40. The Bertz CT molecular complexity index is 703. The number of ketones is 2. The number of primary amides is 1. The van der Waals surface area contributed by atoms with Crippen molar-refractivity contribution < 1.29 is 33.6 Å². The maximum Gasteiger partial charge on any atom is 0.253 e. The van der Waals surface area contributed by atoms with Gasteiger partial charge in [0.05, 0.1) is 0 Å². The zero-order chi connectivity index (χ0) is 24.4. The zero-order valence-corrected chi connectivity index (χ0v) is 20.2. The lowest BCUT2D eigenvalue weighted by Crippen LogP contribution is -2.31. The van der Waals surface area contributed by atoms with E-state index in [0.717, 1.165) is 23.9 Å². The summed E-state index contributed by atoms with van der Waals surface area (Å²) in [5, 5.41) is 0. The Morgan fingerprint density at radius 2 is 1.03 bits per heavy atom. The number of carbonyl (C=O) groups is 7. The third-order valence-electron chi connectivity index (χ3n) is 3.21. The number of hydrogen-bond acceptors (Lipinski definition) is 9. The molecule has 0 atom stereocenters. The van der Waals surface area contributed by atoms with E-state index in [4.69, 9.17) is 4.79 Å². The number of amides is 5. The van der Waals surface area contributed by atoms with Gasteiger partial charge in [-0.25, -0.2) is 0 Å². The Balaban J connectivity index is 0. The topological polar surface area (TPSA) is 152 Å². The van der Waals surface area contributed by atoms with Crippen LogP contribution in [0.1, 0.15) is 26.7 Å². The van der Waals surface area contributed by atoms with Crippen LogP contribution in [-0.4, -0.2) is 64.5 Å². The van der Waals surface area contributed by atoms with Gasteiger partial charge in [0.25, 0.3) is 23.6 Å². The Kier molecular flexibility index (Phi) is 18.3. The highest BCUT2D eigenvalue weighted by atomic mass is 32.7. The predicted octanol–water partition coefficient (Wildman–Crippen LogP) is 0.600. The first-order valence-electron chi connectivity index (χ1n) is 8.41. The lowest BCUT2D eigenvalue weighted by molar-refractivity contribution is -0.139. The van der Waals surface area contributed by atoms with Crippen LogP contribution in [0.3, 0.4) is 0 Å². The molecule has 0 aromatic rings. The highest BCUT2D eigenvalue weighted by Crippen LogP contribution is 2.10. The molecule has 5 amide bonds. The summed E-state index contributed by atoms with van der Waals surface area (Å²) in [5.74, 6) is -1.38. The van der Waals surface area contributed by atoms with Crippen molar-refractivity contribution in [3.05, 3.63) is 24.3 Å². The van der Waals surface area contributed by atoms with E-state index in [1.807, 2.05) is 0 Å². The summed E-state index contributed by atoms with van der Waals surface area (Å²) in [7, 11) is 1.74. The van der Waals surface area contributed by atoms with Crippen LogP contribution >= 0.6 is 14.1 Å². The first-order valence-corrected chi connectivity index (χ1v) is 12.9. The first-order chi connectivity index (χ1) is 14.5. The molecule has 0 fully saturated rings. The van der Waals surface area contributed by atoms with Gasteiger partial charge in [-0.05, 0) is 37.5 Å². The van der Waals surface area contributed by atoms with Crippen LogP contribution in [0.25, 0.3) is 0 Å². The van der Waals surface area contributed by atoms with Gasteiger partial charge in [-0.1, -0.05) is 0 Å². The minimum absolute atomic E-state index is 0.0255. The highest BCUT2D eigenvalue weighted by Gasteiger charge is 2.23. The van der Waals surface area contributed by atoms with Crippen LogP contribution in [0, 0.1) is 0 Å². The van der Waals surface area contributed by atoms with Gasteiger partial charge in [0.2, 0.25) is 6.41 Å². The van der Waals surface area contributed by atoms with E-state index in [-0.39, 0.29) is 67.5 Å². The monoisotopic (exact) mass is 505 g/mol. The van der Waals surface area contributed by atoms with Gasteiger partial charge in [-0.15, -0.1) is 0 Å². The molecule has 0 saturated carbocycles. The molecule has 14 heteroatoms. The molecule has 2 N–H and O–H groups in total. The summed E-state index contributed by atoms with van der Waals surface area (Å²) in [6.07, 6.45) is 5.56. The number of nitrogens with two attached hydrogens (primary N) is 1. The van der Waals surface area contributed by atoms with Crippen LogP contribution < -0.4 is 5.73 Å². The van der Waals surface area contributed by atoms with E-state index in [1.165, 1.54) is 38.2 Å². The summed E-state index contributed by atoms with van der Waals surface area (Å²) in [4.78, 5) is 75.4.